The van der Waals surface area contributed by atoms with Crippen molar-refractivity contribution in [1.29, 1.82) is 0 Å². The Balaban J connectivity index is 1.78. The van der Waals surface area contributed by atoms with E-state index in [1.807, 2.05) is 0 Å². The molecule has 0 heterocycles. The summed E-state index contributed by atoms with van der Waals surface area (Å²) in [5.74, 6) is 0. The maximum absolute atomic E-state index is 3.92. The summed E-state index contributed by atoms with van der Waals surface area (Å²) in [6.07, 6.45) is 0. The first-order valence-corrected chi connectivity index (χ1v) is 13.2. The Hall–Kier alpha value is -2.68. The minimum Gasteiger partial charge on any atom is -0.0563 e. The summed E-state index contributed by atoms with van der Waals surface area (Å²) in [5, 5.41) is 7.75. The summed E-state index contributed by atoms with van der Waals surface area (Å²) < 4.78 is 2.27. The van der Waals surface area contributed by atoms with Gasteiger partial charge in [0.1, 0.15) is 0 Å². The Bertz CT molecular complexity index is 1590. The predicted molar refractivity (Wildman–Crippen MR) is 155 cm³/mol. The molecule has 0 unspecified atom stereocenters. The van der Waals surface area contributed by atoms with Crippen LogP contribution in [0.5, 0.6) is 0 Å². The monoisotopic (exact) mass is 566 g/mol. The van der Waals surface area contributed by atoms with Crippen molar-refractivity contribution >= 4 is 64.2 Å². The molecule has 0 amide bonds. The van der Waals surface area contributed by atoms with Gasteiger partial charge in [-0.1, -0.05) is 115 Å². The van der Waals surface area contributed by atoms with Gasteiger partial charge >= 0.3 is 0 Å². The number of hydrogen-bond acceptors (Lipinski definition) is 0. The quantitative estimate of drug-likeness (QED) is 0.182. The van der Waals surface area contributed by atoms with Crippen molar-refractivity contribution in [2.75, 3.05) is 0 Å². The van der Waals surface area contributed by atoms with Crippen molar-refractivity contribution in [3.63, 3.8) is 0 Å². The van der Waals surface area contributed by atoms with Gasteiger partial charge in [0.05, 0.1) is 0 Å². The van der Waals surface area contributed by atoms with Gasteiger partial charge in [0.25, 0.3) is 0 Å². The van der Waals surface area contributed by atoms with Gasteiger partial charge in [-0.3, -0.25) is 0 Å². The molecule has 0 fully saturated rings. The standard InChI is InChI=1S/C32H24Br2/c1-17-9-18(2)12-21(11-17)27-15-29(33)25-8-6-24-28(22-13-19(3)10-20(4)14-22)16-30(34)26-7-5-23(27)31(25)32(24)26/h5-16H,1-4H3. The number of benzene rings is 6. The number of aryl methyl sites for hydroxylation is 4. The van der Waals surface area contributed by atoms with Crippen LogP contribution in [0.2, 0.25) is 0 Å². The third-order valence-electron chi connectivity index (χ3n) is 6.86. The van der Waals surface area contributed by atoms with Crippen molar-refractivity contribution in [2.45, 2.75) is 27.7 Å². The topological polar surface area (TPSA) is 0 Å². The first-order valence-electron chi connectivity index (χ1n) is 11.6. The molecule has 166 valence electrons. The van der Waals surface area contributed by atoms with Crippen LogP contribution < -0.4 is 0 Å². The van der Waals surface area contributed by atoms with E-state index in [0.717, 1.165) is 8.95 Å². The van der Waals surface area contributed by atoms with E-state index in [9.17, 15) is 0 Å². The molecule has 0 saturated heterocycles. The van der Waals surface area contributed by atoms with Crippen LogP contribution in [0.3, 0.4) is 0 Å². The molecule has 0 aliphatic rings. The smallest absolute Gasteiger partial charge is 0.0260 e. The number of hydrogen-bond donors (Lipinski definition) is 0. The fraction of sp³-hybridized carbons (Fsp3) is 0.125. The lowest BCUT2D eigenvalue weighted by Gasteiger charge is -2.19. The molecule has 6 aromatic carbocycles. The Morgan fingerprint density at radius 2 is 0.735 bits per heavy atom. The van der Waals surface area contributed by atoms with Crippen molar-refractivity contribution < 1.29 is 0 Å². The van der Waals surface area contributed by atoms with Gasteiger partial charge < -0.3 is 0 Å². The van der Waals surface area contributed by atoms with Crippen LogP contribution in [0.25, 0.3) is 54.6 Å². The molecular weight excluding hydrogens is 544 g/mol. The van der Waals surface area contributed by atoms with E-state index in [-0.39, 0.29) is 0 Å². The third kappa shape index (κ3) is 3.39. The number of halogens is 2. The minimum absolute atomic E-state index is 1.14. The summed E-state index contributed by atoms with van der Waals surface area (Å²) in [4.78, 5) is 0. The van der Waals surface area contributed by atoms with Crippen LogP contribution in [0, 0.1) is 27.7 Å². The van der Waals surface area contributed by atoms with Gasteiger partial charge in [-0.2, -0.15) is 0 Å². The second kappa shape index (κ2) is 7.93. The molecule has 0 bridgehead atoms. The third-order valence-corrected chi connectivity index (χ3v) is 8.18. The van der Waals surface area contributed by atoms with Crippen LogP contribution in [0.15, 0.2) is 81.7 Å². The Labute approximate surface area is 217 Å². The minimum atomic E-state index is 1.14. The maximum atomic E-state index is 3.92. The van der Waals surface area contributed by atoms with E-state index in [4.69, 9.17) is 0 Å². The van der Waals surface area contributed by atoms with Gasteiger partial charge in [-0.15, -0.1) is 0 Å². The highest BCUT2D eigenvalue weighted by Crippen LogP contribution is 2.47. The second-order valence-electron chi connectivity index (χ2n) is 9.64. The van der Waals surface area contributed by atoms with Gasteiger partial charge in [-0.25, -0.2) is 0 Å². The van der Waals surface area contributed by atoms with E-state index in [1.54, 1.807) is 0 Å². The van der Waals surface area contributed by atoms with E-state index < -0.39 is 0 Å². The summed E-state index contributed by atoms with van der Waals surface area (Å²) in [5.41, 5.74) is 10.2. The van der Waals surface area contributed by atoms with Crippen LogP contribution in [0.4, 0.5) is 0 Å². The fourth-order valence-corrected chi connectivity index (χ4v) is 6.76. The Morgan fingerprint density at radius 1 is 0.412 bits per heavy atom. The largest absolute Gasteiger partial charge is 0.0563 e. The highest BCUT2D eigenvalue weighted by molar-refractivity contribution is 9.11. The van der Waals surface area contributed by atoms with Gasteiger partial charge in [-0.05, 0) is 94.4 Å². The zero-order chi connectivity index (χ0) is 23.7. The van der Waals surface area contributed by atoms with E-state index >= 15 is 0 Å². The lowest BCUT2D eigenvalue weighted by Crippen LogP contribution is -1.92. The fourth-order valence-electron chi connectivity index (χ4n) is 5.64. The molecule has 6 rings (SSSR count). The summed E-state index contributed by atoms with van der Waals surface area (Å²) >= 11 is 7.83. The average molecular weight is 568 g/mol. The highest BCUT2D eigenvalue weighted by Gasteiger charge is 2.19. The lowest BCUT2D eigenvalue weighted by molar-refractivity contribution is 1.38. The zero-order valence-electron chi connectivity index (χ0n) is 19.7. The van der Waals surface area contributed by atoms with Crippen LogP contribution >= 0.6 is 31.9 Å². The molecular formula is C32H24Br2. The van der Waals surface area contributed by atoms with Crippen molar-refractivity contribution in [2.24, 2.45) is 0 Å². The first kappa shape index (κ1) is 21.8. The molecule has 0 spiro atoms. The first-order chi connectivity index (χ1) is 16.3. The van der Waals surface area contributed by atoms with Gasteiger partial charge in [0, 0.05) is 8.95 Å². The Kier molecular flexibility index (Phi) is 5.09. The van der Waals surface area contributed by atoms with Gasteiger partial charge in [0.2, 0.25) is 0 Å². The van der Waals surface area contributed by atoms with Crippen molar-refractivity contribution in [1.82, 2.24) is 0 Å². The Morgan fingerprint density at radius 3 is 1.09 bits per heavy atom. The molecule has 0 aliphatic carbocycles. The lowest BCUT2D eigenvalue weighted by atomic mass is 9.86. The molecule has 0 aromatic heterocycles. The predicted octanol–water partition coefficient (Wildman–Crippen LogP) is 10.7. The average Bonchev–Trinajstić information content (AvgIpc) is 2.78. The van der Waals surface area contributed by atoms with Crippen LogP contribution in [0.1, 0.15) is 22.3 Å². The molecule has 0 aliphatic heterocycles. The van der Waals surface area contributed by atoms with E-state index in [2.05, 4.69) is 132 Å². The van der Waals surface area contributed by atoms with E-state index in [0.29, 0.717) is 0 Å². The van der Waals surface area contributed by atoms with Crippen LogP contribution in [-0.2, 0) is 0 Å². The molecule has 6 aromatic rings. The van der Waals surface area contributed by atoms with Crippen molar-refractivity contribution in [3.05, 3.63) is 104 Å². The zero-order valence-corrected chi connectivity index (χ0v) is 22.9. The van der Waals surface area contributed by atoms with Gasteiger partial charge in [0.15, 0.2) is 0 Å². The molecule has 2 heteroatoms. The summed E-state index contributed by atoms with van der Waals surface area (Å²) in [7, 11) is 0. The van der Waals surface area contributed by atoms with E-state index in [1.165, 1.54) is 76.8 Å². The summed E-state index contributed by atoms with van der Waals surface area (Å²) in [6.45, 7) is 8.70. The molecule has 34 heavy (non-hydrogen) atoms. The normalized spacial score (nSPS) is 11.8. The van der Waals surface area contributed by atoms with Crippen LogP contribution in [-0.4, -0.2) is 0 Å². The second-order valence-corrected chi connectivity index (χ2v) is 11.3. The SMILES string of the molecule is Cc1cc(C)cc(-c2cc(Br)c3ccc4c(-c5cc(C)cc(C)c5)cc(Br)c5ccc2c3c54)c1. The molecule has 0 atom stereocenters. The molecule has 0 nitrogen and oxygen atoms in total. The molecule has 0 radical (unpaired) electrons. The number of rotatable bonds is 2. The highest BCUT2D eigenvalue weighted by atomic mass is 79.9. The maximum Gasteiger partial charge on any atom is 0.0260 e. The molecule has 0 saturated carbocycles. The molecule has 0 N–H and O–H groups in total. The summed E-state index contributed by atoms with van der Waals surface area (Å²) in [6, 6.07) is 27.4. The van der Waals surface area contributed by atoms with Crippen molar-refractivity contribution in [3.8, 4) is 22.3 Å².